The molecule has 1 saturated heterocycles. The number of rotatable bonds is 4. The smallest absolute Gasteiger partial charge is 0.406 e. The molecule has 202 valence electrons. The Labute approximate surface area is 218 Å². The van der Waals surface area contributed by atoms with E-state index >= 15 is 0 Å². The summed E-state index contributed by atoms with van der Waals surface area (Å²) in [6, 6.07) is 8.36. The van der Waals surface area contributed by atoms with Gasteiger partial charge in [-0.3, -0.25) is 19.4 Å². The Kier molecular flexibility index (Phi) is 7.48. The van der Waals surface area contributed by atoms with Gasteiger partial charge in [0.2, 0.25) is 0 Å². The van der Waals surface area contributed by atoms with Gasteiger partial charge in [0.25, 0.3) is 5.91 Å². The maximum atomic E-state index is 13.9. The number of anilines is 1. The Bertz CT molecular complexity index is 1170. The van der Waals surface area contributed by atoms with Gasteiger partial charge in [0.05, 0.1) is 0 Å². The van der Waals surface area contributed by atoms with Gasteiger partial charge in [-0.15, -0.1) is 13.2 Å². The molecule has 2 unspecified atom stereocenters. The summed E-state index contributed by atoms with van der Waals surface area (Å²) in [5.41, 5.74) is -2.89. The normalized spacial score (nSPS) is 21.0. The molecule has 0 spiro atoms. The van der Waals surface area contributed by atoms with E-state index in [1.165, 1.54) is 37.3 Å². The van der Waals surface area contributed by atoms with Crippen molar-refractivity contribution in [3.05, 3.63) is 58.1 Å². The predicted molar refractivity (Wildman–Crippen MR) is 125 cm³/mol. The lowest BCUT2D eigenvalue weighted by Crippen LogP contribution is -2.59. The molecule has 1 fully saturated rings. The number of carbonyl (C=O) groups is 2. The molecule has 0 aromatic heterocycles. The highest BCUT2D eigenvalue weighted by Gasteiger charge is 2.64. The van der Waals surface area contributed by atoms with Gasteiger partial charge in [0.15, 0.2) is 0 Å². The van der Waals surface area contributed by atoms with Crippen LogP contribution in [0.2, 0.25) is 10.0 Å². The minimum absolute atomic E-state index is 0.0834. The topological polar surface area (TPSA) is 49.9 Å². The standard InChI is InChI=1S/C24H22Cl2F6N2O3/c1-21(2,3)18-33(16-10-14(25)9-15(26)11-16)19(35)22(4,34(18)20(36)23(27,28)29)12-13-5-7-17(8-6-13)37-24(30,31)32/h5-11,18H,12H2,1-4H3. The second-order valence-corrected chi connectivity index (χ2v) is 10.7. The molecule has 2 aromatic carbocycles. The van der Waals surface area contributed by atoms with E-state index in [2.05, 4.69) is 4.74 Å². The zero-order chi connectivity index (χ0) is 28.1. The van der Waals surface area contributed by atoms with Crippen molar-refractivity contribution < 1.29 is 40.7 Å². The molecule has 1 heterocycles. The van der Waals surface area contributed by atoms with E-state index in [0.717, 1.165) is 17.0 Å². The van der Waals surface area contributed by atoms with Crippen LogP contribution in [0.3, 0.4) is 0 Å². The van der Waals surface area contributed by atoms with Crippen LogP contribution >= 0.6 is 23.2 Å². The summed E-state index contributed by atoms with van der Waals surface area (Å²) in [6.07, 6.45) is -12.1. The number of benzene rings is 2. The number of carbonyl (C=O) groups excluding carboxylic acids is 2. The molecule has 0 radical (unpaired) electrons. The SMILES string of the molecule is CC(C)(C)C1N(c2cc(Cl)cc(Cl)c2)C(=O)C(C)(Cc2ccc(OC(F)(F)F)cc2)N1C(=O)C(F)(F)F. The molecule has 2 aromatic rings. The molecule has 3 rings (SSSR count). The third-order valence-corrected chi connectivity index (χ3v) is 6.20. The Morgan fingerprint density at radius 3 is 1.92 bits per heavy atom. The Morgan fingerprint density at radius 1 is 0.973 bits per heavy atom. The Hall–Kier alpha value is -2.66. The monoisotopic (exact) mass is 570 g/mol. The number of hydrogen-bond donors (Lipinski definition) is 0. The highest BCUT2D eigenvalue weighted by atomic mass is 35.5. The fourth-order valence-electron chi connectivity index (χ4n) is 4.41. The van der Waals surface area contributed by atoms with Crippen LogP contribution in [0.1, 0.15) is 33.3 Å². The third kappa shape index (κ3) is 6.09. The second kappa shape index (κ2) is 9.58. The molecule has 0 bridgehead atoms. The lowest BCUT2D eigenvalue weighted by molar-refractivity contribution is -0.274. The van der Waals surface area contributed by atoms with Gasteiger partial charge in [-0.1, -0.05) is 56.1 Å². The highest BCUT2D eigenvalue weighted by Crippen LogP contribution is 2.46. The van der Waals surface area contributed by atoms with Crippen molar-refractivity contribution >= 4 is 40.7 Å². The van der Waals surface area contributed by atoms with Crippen LogP contribution in [0.5, 0.6) is 5.75 Å². The van der Waals surface area contributed by atoms with Crippen LogP contribution in [-0.2, 0) is 16.0 Å². The highest BCUT2D eigenvalue weighted by molar-refractivity contribution is 6.35. The molecule has 0 N–H and O–H groups in total. The maximum Gasteiger partial charge on any atom is 0.573 e. The summed E-state index contributed by atoms with van der Waals surface area (Å²) in [5.74, 6) is -3.64. The average Bonchev–Trinajstić information content (AvgIpc) is 2.94. The first-order chi connectivity index (χ1) is 16.7. The quantitative estimate of drug-likeness (QED) is 0.372. The number of amides is 2. The van der Waals surface area contributed by atoms with Gasteiger partial charge >= 0.3 is 18.4 Å². The summed E-state index contributed by atoms with van der Waals surface area (Å²) < 4.78 is 82.9. The van der Waals surface area contributed by atoms with E-state index in [9.17, 15) is 35.9 Å². The number of hydrogen-bond acceptors (Lipinski definition) is 3. The van der Waals surface area contributed by atoms with Crippen molar-refractivity contribution in [2.24, 2.45) is 5.41 Å². The predicted octanol–water partition coefficient (Wildman–Crippen LogP) is 7.00. The fraction of sp³-hybridized carbons (Fsp3) is 0.417. The van der Waals surface area contributed by atoms with E-state index in [1.807, 2.05) is 0 Å². The number of alkyl halides is 6. The molecule has 0 aliphatic carbocycles. The first kappa shape index (κ1) is 28.9. The average molecular weight is 571 g/mol. The van der Waals surface area contributed by atoms with Crippen LogP contribution in [0.4, 0.5) is 32.0 Å². The van der Waals surface area contributed by atoms with Crippen LogP contribution in [0.15, 0.2) is 42.5 Å². The van der Waals surface area contributed by atoms with Gasteiger partial charge < -0.3 is 4.74 Å². The van der Waals surface area contributed by atoms with Crippen molar-refractivity contribution in [1.82, 2.24) is 4.90 Å². The molecule has 37 heavy (non-hydrogen) atoms. The second-order valence-electron chi connectivity index (χ2n) is 9.86. The van der Waals surface area contributed by atoms with Crippen LogP contribution < -0.4 is 9.64 Å². The Balaban J connectivity index is 2.17. The van der Waals surface area contributed by atoms with Crippen molar-refractivity contribution in [3.8, 4) is 5.75 Å². The van der Waals surface area contributed by atoms with E-state index in [-0.39, 0.29) is 21.3 Å². The van der Waals surface area contributed by atoms with Crippen molar-refractivity contribution in [3.63, 3.8) is 0 Å². The van der Waals surface area contributed by atoms with Crippen LogP contribution in [-0.4, -0.2) is 41.0 Å². The number of nitrogens with zero attached hydrogens (tertiary/aromatic N) is 2. The maximum absolute atomic E-state index is 13.9. The van der Waals surface area contributed by atoms with Gasteiger partial charge in [-0.2, -0.15) is 13.2 Å². The minimum Gasteiger partial charge on any atom is -0.406 e. The third-order valence-electron chi connectivity index (χ3n) is 5.77. The summed E-state index contributed by atoms with van der Waals surface area (Å²) in [7, 11) is 0. The van der Waals surface area contributed by atoms with Crippen LogP contribution in [0, 0.1) is 5.41 Å². The van der Waals surface area contributed by atoms with Crippen molar-refractivity contribution in [1.29, 1.82) is 0 Å². The van der Waals surface area contributed by atoms with Gasteiger partial charge in [-0.05, 0) is 42.8 Å². The molecule has 13 heteroatoms. The first-order valence-electron chi connectivity index (χ1n) is 10.8. The molecular weight excluding hydrogens is 549 g/mol. The zero-order valence-electron chi connectivity index (χ0n) is 20.0. The summed E-state index contributed by atoms with van der Waals surface area (Å²) in [5, 5.41) is 0.232. The minimum atomic E-state index is -5.32. The molecule has 0 saturated carbocycles. The summed E-state index contributed by atoms with van der Waals surface area (Å²) in [6.45, 7) is 5.88. The first-order valence-corrected chi connectivity index (χ1v) is 11.5. The molecule has 2 amide bonds. The number of halogens is 8. The Morgan fingerprint density at radius 2 is 1.49 bits per heavy atom. The van der Waals surface area contributed by atoms with E-state index in [1.54, 1.807) is 20.8 Å². The van der Waals surface area contributed by atoms with E-state index in [0.29, 0.717) is 4.90 Å². The van der Waals surface area contributed by atoms with Crippen molar-refractivity contribution in [2.45, 2.75) is 58.4 Å². The summed E-state index contributed by atoms with van der Waals surface area (Å²) in [4.78, 5) is 28.3. The van der Waals surface area contributed by atoms with Gasteiger partial charge in [0.1, 0.15) is 17.5 Å². The fourth-order valence-corrected chi connectivity index (χ4v) is 4.92. The van der Waals surface area contributed by atoms with Crippen LogP contribution in [0.25, 0.3) is 0 Å². The number of ether oxygens (including phenoxy) is 1. The largest absolute Gasteiger partial charge is 0.573 e. The zero-order valence-corrected chi connectivity index (χ0v) is 21.5. The van der Waals surface area contributed by atoms with Crippen molar-refractivity contribution in [2.75, 3.05) is 4.90 Å². The van der Waals surface area contributed by atoms with Gasteiger partial charge in [-0.25, -0.2) is 0 Å². The lowest BCUT2D eigenvalue weighted by atomic mass is 9.87. The molecular formula is C24H22Cl2F6N2O3. The van der Waals surface area contributed by atoms with Gasteiger partial charge in [0, 0.05) is 27.6 Å². The molecule has 5 nitrogen and oxygen atoms in total. The molecule has 2 atom stereocenters. The molecule has 1 aliphatic rings. The summed E-state index contributed by atoms with van der Waals surface area (Å²) >= 11 is 12.2. The molecule has 1 aliphatic heterocycles. The van der Waals surface area contributed by atoms with E-state index in [4.69, 9.17) is 23.2 Å². The lowest BCUT2D eigenvalue weighted by Gasteiger charge is -2.42. The van der Waals surface area contributed by atoms with E-state index < -0.39 is 53.6 Å².